The van der Waals surface area contributed by atoms with E-state index in [9.17, 15) is 5.11 Å². The average Bonchev–Trinajstić information content (AvgIpc) is 2.39. The molecular weight excluding hydrogens is 236 g/mol. The zero-order valence-electron chi connectivity index (χ0n) is 12.9. The maximum atomic E-state index is 9.59. The van der Waals surface area contributed by atoms with Gasteiger partial charge in [0.25, 0.3) is 0 Å². The van der Waals surface area contributed by atoms with Crippen LogP contribution >= 0.6 is 0 Å². The van der Waals surface area contributed by atoms with Crippen LogP contribution in [0.2, 0.25) is 0 Å². The number of hydrogen-bond acceptors (Lipinski definition) is 3. The molecule has 0 aliphatic heterocycles. The van der Waals surface area contributed by atoms with Crippen molar-refractivity contribution in [2.24, 2.45) is 0 Å². The Labute approximate surface area is 117 Å². The number of hydrogen-bond donors (Lipinski definition) is 2. The number of phenolic OH excluding ortho intramolecular Hbond substituents is 1. The van der Waals surface area contributed by atoms with Gasteiger partial charge in [-0.2, -0.15) is 0 Å². The molecule has 108 valence electrons. The third-order valence-corrected chi connectivity index (χ3v) is 4.46. The van der Waals surface area contributed by atoms with Crippen LogP contribution in [-0.4, -0.2) is 42.7 Å². The third kappa shape index (κ3) is 3.48. The van der Waals surface area contributed by atoms with Gasteiger partial charge in [-0.1, -0.05) is 26.0 Å². The molecule has 1 aromatic carbocycles. The van der Waals surface area contributed by atoms with Crippen LogP contribution in [0.15, 0.2) is 24.3 Å². The molecule has 2 N–H and O–H groups in total. The summed E-state index contributed by atoms with van der Waals surface area (Å²) in [5.41, 5.74) is 1.31. The second kappa shape index (κ2) is 6.92. The van der Waals surface area contributed by atoms with Crippen LogP contribution in [0.4, 0.5) is 0 Å². The summed E-state index contributed by atoms with van der Waals surface area (Å²) in [6.07, 6.45) is 3.12. The van der Waals surface area contributed by atoms with Crippen LogP contribution in [0.25, 0.3) is 0 Å². The summed E-state index contributed by atoms with van der Waals surface area (Å²) in [6.45, 7) is 4.49. The Balaban J connectivity index is 2.98. The van der Waals surface area contributed by atoms with Crippen molar-refractivity contribution in [3.8, 4) is 5.75 Å². The number of rotatable bonds is 7. The Bertz CT molecular complexity index is 386. The molecule has 1 atom stereocenters. The van der Waals surface area contributed by atoms with E-state index in [0.29, 0.717) is 11.8 Å². The molecule has 0 aliphatic rings. The summed E-state index contributed by atoms with van der Waals surface area (Å²) in [7, 11) is 6.33. The molecule has 0 saturated heterocycles. The van der Waals surface area contributed by atoms with E-state index >= 15 is 0 Å². The fourth-order valence-electron chi connectivity index (χ4n) is 3.17. The van der Waals surface area contributed by atoms with Crippen molar-refractivity contribution in [1.29, 1.82) is 0 Å². The van der Waals surface area contributed by atoms with Gasteiger partial charge < -0.3 is 15.3 Å². The molecular formula is C16H28N2O. The van der Waals surface area contributed by atoms with Crippen molar-refractivity contribution >= 4 is 0 Å². The van der Waals surface area contributed by atoms with E-state index in [1.807, 2.05) is 19.2 Å². The van der Waals surface area contributed by atoms with Crippen molar-refractivity contribution in [1.82, 2.24) is 10.2 Å². The van der Waals surface area contributed by atoms with Gasteiger partial charge in [0, 0.05) is 11.6 Å². The van der Waals surface area contributed by atoms with Crippen molar-refractivity contribution in [2.75, 3.05) is 21.1 Å². The molecule has 3 nitrogen and oxygen atoms in total. The number of phenols is 1. The van der Waals surface area contributed by atoms with Gasteiger partial charge in [0.15, 0.2) is 0 Å². The molecule has 0 saturated carbocycles. The quantitative estimate of drug-likeness (QED) is 0.795. The largest absolute Gasteiger partial charge is 0.508 e. The van der Waals surface area contributed by atoms with E-state index in [2.05, 4.69) is 44.2 Å². The second-order valence-corrected chi connectivity index (χ2v) is 5.42. The minimum atomic E-state index is 0.139. The van der Waals surface area contributed by atoms with Crippen LogP contribution in [0.3, 0.4) is 0 Å². The van der Waals surface area contributed by atoms with Gasteiger partial charge in [-0.3, -0.25) is 0 Å². The lowest BCUT2D eigenvalue weighted by atomic mass is 9.80. The minimum Gasteiger partial charge on any atom is -0.508 e. The van der Waals surface area contributed by atoms with Crippen molar-refractivity contribution in [3.63, 3.8) is 0 Å². The molecule has 0 aliphatic carbocycles. The Morgan fingerprint density at radius 3 is 2.32 bits per heavy atom. The number of benzene rings is 1. The number of aromatic hydroxyl groups is 1. The number of nitrogens with zero attached hydrogens (tertiary/aromatic N) is 1. The smallest absolute Gasteiger partial charge is 0.115 e. The monoisotopic (exact) mass is 264 g/mol. The fourth-order valence-corrected chi connectivity index (χ4v) is 3.17. The lowest BCUT2D eigenvalue weighted by Crippen LogP contribution is -2.58. The highest BCUT2D eigenvalue weighted by molar-refractivity contribution is 5.28. The number of likely N-dealkylation sites (N-methyl/N-ethyl adjacent to an activating group) is 2. The summed E-state index contributed by atoms with van der Waals surface area (Å²) in [5, 5.41) is 13.1. The standard InChI is InChI=1S/C16H28N2O/c1-6-16(7-2,18(4)5)15(17-3)12-13-9-8-10-14(19)11-13/h8-11,15,17,19H,6-7,12H2,1-5H3. The highest BCUT2D eigenvalue weighted by Crippen LogP contribution is 2.28. The van der Waals surface area contributed by atoms with E-state index < -0.39 is 0 Å². The fraction of sp³-hybridized carbons (Fsp3) is 0.625. The molecule has 1 unspecified atom stereocenters. The second-order valence-electron chi connectivity index (χ2n) is 5.42. The van der Waals surface area contributed by atoms with Gasteiger partial charge in [0.05, 0.1) is 0 Å². The van der Waals surface area contributed by atoms with Crippen LogP contribution < -0.4 is 5.32 Å². The predicted octanol–water partition coefficient (Wildman–Crippen LogP) is 2.64. The first-order valence-corrected chi connectivity index (χ1v) is 7.12. The first kappa shape index (κ1) is 16.0. The molecule has 19 heavy (non-hydrogen) atoms. The molecule has 0 fully saturated rings. The Hall–Kier alpha value is -1.06. The lowest BCUT2D eigenvalue weighted by molar-refractivity contribution is 0.0917. The zero-order valence-corrected chi connectivity index (χ0v) is 12.9. The highest BCUT2D eigenvalue weighted by atomic mass is 16.3. The summed E-state index contributed by atoms with van der Waals surface area (Å²) < 4.78 is 0. The predicted molar refractivity (Wildman–Crippen MR) is 81.7 cm³/mol. The van der Waals surface area contributed by atoms with Crippen LogP contribution in [0.1, 0.15) is 32.3 Å². The summed E-state index contributed by atoms with van der Waals surface area (Å²) >= 11 is 0. The molecule has 3 heteroatoms. The zero-order chi connectivity index (χ0) is 14.5. The Morgan fingerprint density at radius 2 is 1.89 bits per heavy atom. The van der Waals surface area contributed by atoms with E-state index in [0.717, 1.165) is 19.3 Å². The lowest BCUT2D eigenvalue weighted by Gasteiger charge is -2.45. The summed E-state index contributed by atoms with van der Waals surface area (Å²) in [6, 6.07) is 7.93. The summed E-state index contributed by atoms with van der Waals surface area (Å²) in [5.74, 6) is 0.343. The molecule has 0 heterocycles. The highest BCUT2D eigenvalue weighted by Gasteiger charge is 2.36. The summed E-state index contributed by atoms with van der Waals surface area (Å²) in [4.78, 5) is 2.33. The van der Waals surface area contributed by atoms with Gasteiger partial charge in [-0.05, 0) is 58.1 Å². The van der Waals surface area contributed by atoms with Gasteiger partial charge in [0.2, 0.25) is 0 Å². The van der Waals surface area contributed by atoms with E-state index in [1.165, 1.54) is 5.56 Å². The molecule has 1 rings (SSSR count). The van der Waals surface area contributed by atoms with Crippen LogP contribution in [-0.2, 0) is 6.42 Å². The average molecular weight is 264 g/mol. The topological polar surface area (TPSA) is 35.5 Å². The van der Waals surface area contributed by atoms with Crippen LogP contribution in [0.5, 0.6) is 5.75 Å². The molecule has 0 amide bonds. The van der Waals surface area contributed by atoms with Gasteiger partial charge in [-0.15, -0.1) is 0 Å². The van der Waals surface area contributed by atoms with Gasteiger partial charge in [0.1, 0.15) is 5.75 Å². The van der Waals surface area contributed by atoms with Gasteiger partial charge in [-0.25, -0.2) is 0 Å². The first-order chi connectivity index (χ1) is 9.00. The maximum absolute atomic E-state index is 9.59. The van der Waals surface area contributed by atoms with E-state index in [-0.39, 0.29) is 5.54 Å². The first-order valence-electron chi connectivity index (χ1n) is 7.12. The molecule has 0 spiro atoms. The van der Waals surface area contributed by atoms with Gasteiger partial charge >= 0.3 is 0 Å². The molecule has 1 aromatic rings. The Morgan fingerprint density at radius 1 is 1.26 bits per heavy atom. The molecule has 0 aromatic heterocycles. The van der Waals surface area contributed by atoms with Crippen molar-refractivity contribution < 1.29 is 5.11 Å². The third-order valence-electron chi connectivity index (χ3n) is 4.46. The van der Waals surface area contributed by atoms with Crippen LogP contribution in [0, 0.1) is 0 Å². The Kier molecular flexibility index (Phi) is 5.83. The SMILES string of the molecule is CCC(CC)(C(Cc1cccc(O)c1)NC)N(C)C. The minimum absolute atomic E-state index is 0.139. The van der Waals surface area contributed by atoms with Crippen molar-refractivity contribution in [2.45, 2.75) is 44.7 Å². The van der Waals surface area contributed by atoms with E-state index in [4.69, 9.17) is 0 Å². The maximum Gasteiger partial charge on any atom is 0.115 e. The van der Waals surface area contributed by atoms with Crippen molar-refractivity contribution in [3.05, 3.63) is 29.8 Å². The number of nitrogens with one attached hydrogen (secondary N) is 1. The molecule has 0 radical (unpaired) electrons. The molecule has 0 bridgehead atoms. The van der Waals surface area contributed by atoms with E-state index in [1.54, 1.807) is 6.07 Å². The normalized spacial score (nSPS) is 13.8.